The summed E-state index contributed by atoms with van der Waals surface area (Å²) in [4.78, 5) is 32.6. The van der Waals surface area contributed by atoms with Crippen molar-refractivity contribution < 1.29 is 14.0 Å². The number of amides is 2. The van der Waals surface area contributed by atoms with Crippen molar-refractivity contribution in [3.8, 4) is 10.7 Å². The van der Waals surface area contributed by atoms with Crippen LogP contribution < -0.4 is 10.9 Å². The molecule has 0 saturated carbocycles. The maximum Gasteiger partial charge on any atom is 0.273 e. The smallest absolute Gasteiger partial charge is 0.273 e. The standard InChI is InChI=1S/C17H16N4O3S/c1-10-7-13(11(2)24-10)16(23)21-20-15(22)8-12-9-25-17(19-12)14-5-3-4-6-18-14/h3-7,9H,8H2,1-2H3,(H,20,22)(H,21,23). The van der Waals surface area contributed by atoms with Crippen molar-refractivity contribution in [2.75, 3.05) is 0 Å². The van der Waals surface area contributed by atoms with E-state index in [4.69, 9.17) is 4.42 Å². The third-order valence-corrected chi connectivity index (χ3v) is 4.29. The second-order valence-electron chi connectivity index (χ2n) is 5.36. The van der Waals surface area contributed by atoms with Crippen molar-refractivity contribution in [3.63, 3.8) is 0 Å². The Kier molecular flexibility index (Phi) is 4.90. The number of hydrogen-bond donors (Lipinski definition) is 2. The minimum atomic E-state index is -0.421. The molecule has 0 aromatic carbocycles. The van der Waals surface area contributed by atoms with Gasteiger partial charge in [-0.2, -0.15) is 0 Å². The number of rotatable bonds is 4. The zero-order valence-corrected chi connectivity index (χ0v) is 14.5. The number of carbonyl (C=O) groups is 2. The van der Waals surface area contributed by atoms with Gasteiger partial charge in [-0.3, -0.25) is 25.4 Å². The Labute approximate surface area is 148 Å². The molecule has 0 aliphatic rings. The summed E-state index contributed by atoms with van der Waals surface area (Å²) in [5.41, 5.74) is 6.53. The Bertz CT molecular complexity index is 902. The number of hydrazine groups is 1. The topological polar surface area (TPSA) is 97.1 Å². The van der Waals surface area contributed by atoms with Crippen LogP contribution in [0.1, 0.15) is 27.6 Å². The van der Waals surface area contributed by atoms with Gasteiger partial charge >= 0.3 is 0 Å². The summed E-state index contributed by atoms with van der Waals surface area (Å²) >= 11 is 1.42. The molecule has 2 N–H and O–H groups in total. The van der Waals surface area contributed by atoms with Gasteiger partial charge in [-0.15, -0.1) is 11.3 Å². The predicted octanol–water partition coefficient (Wildman–Crippen LogP) is 2.42. The highest BCUT2D eigenvalue weighted by Crippen LogP contribution is 2.21. The highest BCUT2D eigenvalue weighted by molar-refractivity contribution is 7.13. The van der Waals surface area contributed by atoms with E-state index in [1.807, 2.05) is 18.2 Å². The van der Waals surface area contributed by atoms with Gasteiger partial charge in [0.15, 0.2) is 0 Å². The molecule has 3 heterocycles. The van der Waals surface area contributed by atoms with Crippen LogP contribution in [-0.2, 0) is 11.2 Å². The molecule has 0 bridgehead atoms. The maximum absolute atomic E-state index is 12.0. The zero-order chi connectivity index (χ0) is 17.8. The molecule has 0 spiro atoms. The summed E-state index contributed by atoms with van der Waals surface area (Å²) < 4.78 is 5.29. The second kappa shape index (κ2) is 7.27. The summed E-state index contributed by atoms with van der Waals surface area (Å²) in [7, 11) is 0. The van der Waals surface area contributed by atoms with Crippen LogP contribution in [0.4, 0.5) is 0 Å². The predicted molar refractivity (Wildman–Crippen MR) is 92.8 cm³/mol. The van der Waals surface area contributed by atoms with Crippen molar-refractivity contribution in [1.29, 1.82) is 0 Å². The van der Waals surface area contributed by atoms with Gasteiger partial charge < -0.3 is 4.42 Å². The van der Waals surface area contributed by atoms with Gasteiger partial charge in [0.05, 0.1) is 23.4 Å². The van der Waals surface area contributed by atoms with Crippen molar-refractivity contribution in [2.45, 2.75) is 20.3 Å². The third-order valence-electron chi connectivity index (χ3n) is 3.38. The number of aryl methyl sites for hydroxylation is 2. The first-order valence-corrected chi connectivity index (χ1v) is 8.43. The second-order valence-corrected chi connectivity index (χ2v) is 6.22. The first-order valence-electron chi connectivity index (χ1n) is 7.55. The fraction of sp³-hybridized carbons (Fsp3) is 0.176. The van der Waals surface area contributed by atoms with Crippen molar-refractivity contribution >= 4 is 23.2 Å². The number of pyridine rings is 1. The van der Waals surface area contributed by atoms with Crippen LogP contribution >= 0.6 is 11.3 Å². The third kappa shape index (κ3) is 4.10. The lowest BCUT2D eigenvalue weighted by atomic mass is 10.2. The zero-order valence-electron chi connectivity index (χ0n) is 13.7. The molecule has 0 aliphatic heterocycles. The molecule has 0 radical (unpaired) electrons. The number of carbonyl (C=O) groups excluding carboxylic acids is 2. The summed E-state index contributed by atoms with van der Waals surface area (Å²) in [6.45, 7) is 3.45. The average Bonchev–Trinajstić information content (AvgIpc) is 3.19. The lowest BCUT2D eigenvalue weighted by Crippen LogP contribution is -2.42. The van der Waals surface area contributed by atoms with Crippen molar-refractivity contribution in [3.05, 3.63) is 58.6 Å². The Morgan fingerprint density at radius 1 is 1.24 bits per heavy atom. The molecule has 3 aromatic rings. The van der Waals surface area contributed by atoms with Crippen molar-refractivity contribution in [2.24, 2.45) is 0 Å². The van der Waals surface area contributed by atoms with Gasteiger partial charge in [0.2, 0.25) is 5.91 Å². The van der Waals surface area contributed by atoms with Crippen LogP contribution in [0.3, 0.4) is 0 Å². The van der Waals surface area contributed by atoms with E-state index in [2.05, 4.69) is 20.8 Å². The Morgan fingerprint density at radius 3 is 2.76 bits per heavy atom. The Morgan fingerprint density at radius 2 is 2.08 bits per heavy atom. The minimum absolute atomic E-state index is 0.0625. The fourth-order valence-corrected chi connectivity index (χ4v) is 3.05. The molecule has 0 atom stereocenters. The number of nitrogens with zero attached hydrogens (tertiary/aromatic N) is 2. The van der Waals surface area contributed by atoms with Crippen LogP contribution in [0, 0.1) is 13.8 Å². The highest BCUT2D eigenvalue weighted by atomic mass is 32.1. The van der Waals surface area contributed by atoms with E-state index in [1.165, 1.54) is 11.3 Å². The van der Waals surface area contributed by atoms with Crippen LogP contribution in [0.25, 0.3) is 10.7 Å². The molecular formula is C17H16N4O3S. The van der Waals surface area contributed by atoms with Crippen LogP contribution in [0.2, 0.25) is 0 Å². The Hall–Kier alpha value is -3.00. The molecule has 25 heavy (non-hydrogen) atoms. The molecule has 7 nitrogen and oxygen atoms in total. The molecule has 0 fully saturated rings. The molecule has 3 aromatic heterocycles. The van der Waals surface area contributed by atoms with Gasteiger partial charge in [-0.05, 0) is 32.0 Å². The largest absolute Gasteiger partial charge is 0.466 e. The lowest BCUT2D eigenvalue weighted by molar-refractivity contribution is -0.121. The number of aromatic nitrogens is 2. The number of nitrogens with one attached hydrogen (secondary N) is 2. The van der Waals surface area contributed by atoms with Gasteiger partial charge in [0.1, 0.15) is 16.5 Å². The number of thiazole rings is 1. The molecule has 3 rings (SSSR count). The average molecular weight is 356 g/mol. The molecule has 0 unspecified atom stereocenters. The van der Waals surface area contributed by atoms with E-state index in [9.17, 15) is 9.59 Å². The van der Waals surface area contributed by atoms with Gasteiger partial charge in [0, 0.05) is 11.6 Å². The van der Waals surface area contributed by atoms with Crippen LogP contribution in [-0.4, -0.2) is 21.8 Å². The molecular weight excluding hydrogens is 340 g/mol. The minimum Gasteiger partial charge on any atom is -0.466 e. The fourth-order valence-electron chi connectivity index (χ4n) is 2.25. The van der Waals surface area contributed by atoms with Gasteiger partial charge in [-0.25, -0.2) is 4.98 Å². The number of furan rings is 1. The van der Waals surface area contributed by atoms with E-state index in [0.29, 0.717) is 22.8 Å². The molecule has 2 amide bonds. The molecule has 128 valence electrons. The highest BCUT2D eigenvalue weighted by Gasteiger charge is 2.15. The SMILES string of the molecule is Cc1cc(C(=O)NNC(=O)Cc2csc(-c3ccccn3)n2)c(C)o1. The first kappa shape index (κ1) is 16.8. The molecule has 0 saturated heterocycles. The maximum atomic E-state index is 12.0. The van der Waals surface area contributed by atoms with E-state index in [-0.39, 0.29) is 12.3 Å². The summed E-state index contributed by atoms with van der Waals surface area (Å²) in [5, 5.41) is 2.55. The molecule has 8 heteroatoms. The summed E-state index contributed by atoms with van der Waals surface area (Å²) in [5.74, 6) is 0.362. The monoisotopic (exact) mass is 356 g/mol. The Balaban J connectivity index is 1.55. The normalized spacial score (nSPS) is 10.5. The van der Waals surface area contributed by atoms with Crippen LogP contribution in [0.15, 0.2) is 40.3 Å². The van der Waals surface area contributed by atoms with Crippen LogP contribution in [0.5, 0.6) is 0 Å². The first-order chi connectivity index (χ1) is 12.0. The van der Waals surface area contributed by atoms with E-state index in [0.717, 1.165) is 10.7 Å². The lowest BCUT2D eigenvalue weighted by Gasteiger charge is -2.05. The quantitative estimate of drug-likeness (QED) is 0.700. The van der Waals surface area contributed by atoms with E-state index >= 15 is 0 Å². The summed E-state index contributed by atoms with van der Waals surface area (Å²) in [6.07, 6.45) is 1.76. The van der Waals surface area contributed by atoms with Gasteiger partial charge in [0.25, 0.3) is 5.91 Å². The van der Waals surface area contributed by atoms with E-state index < -0.39 is 5.91 Å². The summed E-state index contributed by atoms with van der Waals surface area (Å²) in [6, 6.07) is 7.19. The van der Waals surface area contributed by atoms with Crippen molar-refractivity contribution in [1.82, 2.24) is 20.8 Å². The number of hydrogen-bond acceptors (Lipinski definition) is 6. The molecule has 0 aliphatic carbocycles. The van der Waals surface area contributed by atoms with Gasteiger partial charge in [-0.1, -0.05) is 6.07 Å². The van der Waals surface area contributed by atoms with E-state index in [1.54, 1.807) is 31.5 Å².